The summed E-state index contributed by atoms with van der Waals surface area (Å²) in [4.78, 5) is 0. The van der Waals surface area contributed by atoms with E-state index in [0.29, 0.717) is 6.54 Å². The van der Waals surface area contributed by atoms with Gasteiger partial charge in [0.1, 0.15) is 0 Å². The number of nitrogens with zero attached hydrogens (tertiary/aromatic N) is 2. The summed E-state index contributed by atoms with van der Waals surface area (Å²) >= 11 is 0. The van der Waals surface area contributed by atoms with E-state index in [9.17, 15) is 0 Å². The molecule has 11 heavy (non-hydrogen) atoms. The zero-order chi connectivity index (χ0) is 8.85. The normalized spacial score (nSPS) is 14.5. The second-order valence-corrected chi connectivity index (χ2v) is 2.21. The Balaban J connectivity index is 3.48. The molecule has 1 atom stereocenters. The molecule has 0 rings (SSSR count). The minimum absolute atomic E-state index is 0.221. The first-order valence-electron chi connectivity index (χ1n) is 3.36. The highest BCUT2D eigenvalue weighted by atomic mass is 16.8. The summed E-state index contributed by atoms with van der Waals surface area (Å²) < 4.78 is 0. The first-order valence-corrected chi connectivity index (χ1v) is 3.36. The first-order chi connectivity index (χ1) is 5.07. The van der Waals surface area contributed by atoms with Gasteiger partial charge in [-0.25, -0.2) is 0 Å². The molecule has 1 unspecified atom stereocenters. The van der Waals surface area contributed by atoms with Crippen LogP contribution in [0.1, 0.15) is 13.3 Å². The lowest BCUT2D eigenvalue weighted by Gasteiger charge is -2.19. The molecule has 0 fully saturated rings. The van der Waals surface area contributed by atoms with Crippen LogP contribution in [-0.2, 0) is 0 Å². The zero-order valence-electron chi connectivity index (χ0n) is 6.38. The highest BCUT2D eigenvalue weighted by Crippen LogP contribution is 1.92. The molecule has 6 nitrogen and oxygen atoms in total. The maximum atomic E-state index is 8.89. The summed E-state index contributed by atoms with van der Waals surface area (Å²) in [5, 5.41) is 34.6. The van der Waals surface area contributed by atoms with Gasteiger partial charge >= 0.3 is 0 Å². The number of aliphatic hydroxyl groups excluding tert-OH is 1. The molecule has 0 spiro atoms. The molecule has 6 heteroatoms. The van der Waals surface area contributed by atoms with Crippen molar-refractivity contribution in [2.45, 2.75) is 19.6 Å². The van der Waals surface area contributed by atoms with E-state index < -0.39 is 6.23 Å². The zero-order valence-corrected chi connectivity index (χ0v) is 6.38. The Morgan fingerprint density at radius 1 is 1.27 bits per heavy atom. The van der Waals surface area contributed by atoms with Crippen LogP contribution in [0, 0.1) is 0 Å². The van der Waals surface area contributed by atoms with Gasteiger partial charge in [0.25, 0.3) is 0 Å². The van der Waals surface area contributed by atoms with Gasteiger partial charge in [-0.1, -0.05) is 6.92 Å². The van der Waals surface area contributed by atoms with Gasteiger partial charge in [-0.05, 0) is 11.6 Å². The van der Waals surface area contributed by atoms with Crippen molar-refractivity contribution < 1.29 is 20.7 Å². The molecule has 0 aromatic rings. The van der Waals surface area contributed by atoms with E-state index in [4.69, 9.17) is 20.7 Å². The third kappa shape index (κ3) is 5.08. The van der Waals surface area contributed by atoms with Gasteiger partial charge in [0.15, 0.2) is 6.23 Å². The van der Waals surface area contributed by atoms with Gasteiger partial charge in [0, 0.05) is 6.54 Å². The maximum Gasteiger partial charge on any atom is 0.171 e. The van der Waals surface area contributed by atoms with Crippen molar-refractivity contribution in [1.29, 1.82) is 0 Å². The van der Waals surface area contributed by atoms with E-state index in [-0.39, 0.29) is 11.8 Å². The number of rotatable bonds is 5. The second-order valence-electron chi connectivity index (χ2n) is 2.21. The van der Waals surface area contributed by atoms with Crippen LogP contribution < -0.4 is 0 Å². The number of hydrogen-bond donors (Lipinski definition) is 4. The fourth-order valence-electron chi connectivity index (χ4n) is 0.611. The van der Waals surface area contributed by atoms with Crippen LogP contribution in [0.3, 0.4) is 0 Å². The molecule has 68 valence electrons. The molecule has 0 aromatic carbocycles. The van der Waals surface area contributed by atoms with Gasteiger partial charge in [-0.15, -0.1) is 0 Å². The molecule has 0 heterocycles. The molecule has 0 aliphatic carbocycles. The largest absolute Gasteiger partial charge is 0.372 e. The fraction of sp³-hybridized carbons (Fsp3) is 1.00. The quantitative estimate of drug-likeness (QED) is 0.325. The smallest absolute Gasteiger partial charge is 0.171 e. The molecule has 0 aliphatic rings. The number of hydroxylamine groups is 4. The minimum atomic E-state index is -1.48. The van der Waals surface area contributed by atoms with Crippen molar-refractivity contribution in [1.82, 2.24) is 10.3 Å². The topological polar surface area (TPSA) is 87.4 Å². The standard InChI is InChI=1S/C5H14N2O4/c1-2-3-6(9)4-5(8)7(10)11/h5,8-11H,2-4H2,1H3. The Hall–Kier alpha value is -0.240. The molecule has 0 bridgehead atoms. The summed E-state index contributed by atoms with van der Waals surface area (Å²) in [5.41, 5.74) is 0. The molecular formula is C5H14N2O4. The second kappa shape index (κ2) is 5.42. The predicted octanol–water partition coefficient (Wildman–Crippen LogP) is -0.514. The fourth-order valence-corrected chi connectivity index (χ4v) is 0.611. The average molecular weight is 166 g/mol. The van der Waals surface area contributed by atoms with Crippen LogP contribution in [0.25, 0.3) is 0 Å². The first kappa shape index (κ1) is 10.8. The van der Waals surface area contributed by atoms with Crippen molar-refractivity contribution in [3.63, 3.8) is 0 Å². The summed E-state index contributed by atoms with van der Waals surface area (Å²) in [6.45, 7) is 2.01. The SMILES string of the molecule is CCCN(O)CC(O)N(O)O. The van der Waals surface area contributed by atoms with Crippen LogP contribution in [0.5, 0.6) is 0 Å². The van der Waals surface area contributed by atoms with Gasteiger partial charge in [0.05, 0.1) is 6.54 Å². The van der Waals surface area contributed by atoms with E-state index in [1.165, 1.54) is 0 Å². The van der Waals surface area contributed by atoms with Crippen molar-refractivity contribution >= 4 is 0 Å². The minimum Gasteiger partial charge on any atom is -0.372 e. The molecule has 0 radical (unpaired) electrons. The Kier molecular flexibility index (Phi) is 5.30. The molecule has 4 N–H and O–H groups in total. The Bertz CT molecular complexity index is 100. The van der Waals surface area contributed by atoms with Gasteiger partial charge in [0.2, 0.25) is 0 Å². The lowest BCUT2D eigenvalue weighted by molar-refractivity contribution is -0.377. The van der Waals surface area contributed by atoms with Crippen molar-refractivity contribution in [2.75, 3.05) is 13.1 Å². The van der Waals surface area contributed by atoms with Crippen molar-refractivity contribution in [3.8, 4) is 0 Å². The van der Waals surface area contributed by atoms with E-state index in [1.54, 1.807) is 0 Å². The Morgan fingerprint density at radius 3 is 2.18 bits per heavy atom. The van der Waals surface area contributed by atoms with Crippen LogP contribution in [0.4, 0.5) is 0 Å². The predicted molar refractivity (Wildman–Crippen MR) is 35.1 cm³/mol. The molecule has 0 saturated carbocycles. The van der Waals surface area contributed by atoms with E-state index in [2.05, 4.69) is 0 Å². The van der Waals surface area contributed by atoms with Gasteiger partial charge in [-0.3, -0.25) is 10.4 Å². The van der Waals surface area contributed by atoms with Gasteiger partial charge < -0.3 is 10.3 Å². The summed E-state index contributed by atoms with van der Waals surface area (Å²) in [7, 11) is 0. The summed E-state index contributed by atoms with van der Waals surface area (Å²) in [6.07, 6.45) is -0.758. The maximum absolute atomic E-state index is 8.89. The number of hydrogen-bond acceptors (Lipinski definition) is 6. The summed E-state index contributed by atoms with van der Waals surface area (Å²) in [6, 6.07) is 0. The van der Waals surface area contributed by atoms with Crippen LogP contribution in [0.15, 0.2) is 0 Å². The molecular weight excluding hydrogens is 152 g/mol. The van der Waals surface area contributed by atoms with Crippen LogP contribution >= 0.6 is 0 Å². The third-order valence-electron chi connectivity index (χ3n) is 1.12. The molecule has 0 aliphatic heterocycles. The highest BCUT2D eigenvalue weighted by molar-refractivity contribution is 4.48. The molecule has 0 aromatic heterocycles. The molecule has 0 amide bonds. The lowest BCUT2D eigenvalue weighted by Crippen LogP contribution is -2.39. The number of aliphatic hydroxyl groups is 1. The van der Waals surface area contributed by atoms with E-state index >= 15 is 0 Å². The average Bonchev–Trinajstić information content (AvgIpc) is 1.87. The highest BCUT2D eigenvalue weighted by Gasteiger charge is 2.13. The summed E-state index contributed by atoms with van der Waals surface area (Å²) in [5.74, 6) is 0. The monoisotopic (exact) mass is 166 g/mol. The van der Waals surface area contributed by atoms with E-state index in [0.717, 1.165) is 11.5 Å². The van der Waals surface area contributed by atoms with Crippen LogP contribution in [0.2, 0.25) is 0 Å². The molecule has 0 saturated heterocycles. The lowest BCUT2D eigenvalue weighted by atomic mass is 10.4. The Labute approximate surface area is 64.8 Å². The van der Waals surface area contributed by atoms with Gasteiger partial charge in [-0.2, -0.15) is 5.06 Å². The van der Waals surface area contributed by atoms with Crippen molar-refractivity contribution in [3.05, 3.63) is 0 Å². The van der Waals surface area contributed by atoms with Crippen LogP contribution in [-0.4, -0.2) is 50.3 Å². The van der Waals surface area contributed by atoms with Crippen molar-refractivity contribution in [2.24, 2.45) is 0 Å². The van der Waals surface area contributed by atoms with E-state index in [1.807, 2.05) is 6.92 Å². The third-order valence-corrected chi connectivity index (χ3v) is 1.12. The Morgan fingerprint density at radius 2 is 1.82 bits per heavy atom.